The van der Waals surface area contributed by atoms with E-state index in [1.807, 2.05) is 13.0 Å². The van der Waals surface area contributed by atoms with E-state index < -0.39 is 0 Å². The van der Waals surface area contributed by atoms with Crippen molar-refractivity contribution in [1.82, 2.24) is 0 Å². The summed E-state index contributed by atoms with van der Waals surface area (Å²) >= 11 is 0. The lowest BCUT2D eigenvalue weighted by Gasteiger charge is -2.19. The molecule has 4 heteroatoms. The minimum absolute atomic E-state index is 0.264. The van der Waals surface area contributed by atoms with Gasteiger partial charge >= 0.3 is 0 Å². The molecule has 92 valence electrons. The molecule has 4 nitrogen and oxygen atoms in total. The van der Waals surface area contributed by atoms with Crippen LogP contribution in [0.2, 0.25) is 0 Å². The molecule has 17 heavy (non-hydrogen) atoms. The Morgan fingerprint density at radius 1 is 1.35 bits per heavy atom. The molecular formula is C13H17NO3. The second-order valence-corrected chi connectivity index (χ2v) is 4.01. The Morgan fingerprint density at radius 3 is 2.88 bits per heavy atom. The van der Waals surface area contributed by atoms with E-state index in [9.17, 15) is 5.11 Å². The van der Waals surface area contributed by atoms with Crippen molar-refractivity contribution in [1.29, 1.82) is 0 Å². The number of nitrogens with zero attached hydrogens (tertiary/aromatic N) is 1. The van der Waals surface area contributed by atoms with Gasteiger partial charge in [0.15, 0.2) is 11.5 Å². The van der Waals surface area contributed by atoms with Crippen molar-refractivity contribution in [2.75, 3.05) is 13.7 Å². The van der Waals surface area contributed by atoms with Gasteiger partial charge in [-0.3, -0.25) is 0 Å². The maximum Gasteiger partial charge on any atom is 0.161 e. The Hall–Kier alpha value is -1.71. The van der Waals surface area contributed by atoms with E-state index in [1.54, 1.807) is 13.2 Å². The number of oxime groups is 1. The second-order valence-electron chi connectivity index (χ2n) is 4.01. The molecule has 0 saturated heterocycles. The standard InChI is InChI=1S/C13H17NO3/c1-3-17-14-10-5-6-11-9(8-10)4-7-12(16-2)13(11)15/h4,7,15H,3,5-6,8H2,1-2H3/b14-10+. The van der Waals surface area contributed by atoms with E-state index in [2.05, 4.69) is 5.16 Å². The summed E-state index contributed by atoms with van der Waals surface area (Å²) in [4.78, 5) is 5.06. The Morgan fingerprint density at radius 2 is 2.18 bits per heavy atom. The van der Waals surface area contributed by atoms with Crippen LogP contribution in [0.15, 0.2) is 17.3 Å². The third kappa shape index (κ3) is 2.35. The molecule has 0 aliphatic heterocycles. The minimum atomic E-state index is 0.264. The molecule has 0 amide bonds. The molecule has 0 saturated carbocycles. The molecule has 0 spiro atoms. The number of methoxy groups -OCH3 is 1. The minimum Gasteiger partial charge on any atom is -0.504 e. The highest BCUT2D eigenvalue weighted by Gasteiger charge is 2.20. The van der Waals surface area contributed by atoms with Crippen molar-refractivity contribution in [3.05, 3.63) is 23.3 Å². The van der Waals surface area contributed by atoms with Gasteiger partial charge < -0.3 is 14.7 Å². The first-order valence-corrected chi connectivity index (χ1v) is 5.81. The van der Waals surface area contributed by atoms with Gasteiger partial charge in [0.2, 0.25) is 0 Å². The van der Waals surface area contributed by atoms with Crippen LogP contribution in [0.25, 0.3) is 0 Å². The van der Waals surface area contributed by atoms with Gasteiger partial charge in [-0.2, -0.15) is 0 Å². The van der Waals surface area contributed by atoms with E-state index in [-0.39, 0.29) is 5.75 Å². The van der Waals surface area contributed by atoms with Gasteiger partial charge in [0.05, 0.1) is 12.8 Å². The van der Waals surface area contributed by atoms with Gasteiger partial charge in [-0.1, -0.05) is 11.2 Å². The van der Waals surface area contributed by atoms with Gasteiger partial charge in [0.25, 0.3) is 0 Å². The van der Waals surface area contributed by atoms with Crippen molar-refractivity contribution in [2.24, 2.45) is 5.16 Å². The zero-order valence-electron chi connectivity index (χ0n) is 10.2. The SMILES string of the molecule is CCO/N=C1\CCc2c(ccc(OC)c2O)C1. The zero-order valence-corrected chi connectivity index (χ0v) is 10.2. The molecule has 2 rings (SSSR count). The maximum absolute atomic E-state index is 10.0. The van der Waals surface area contributed by atoms with Crippen molar-refractivity contribution in [3.8, 4) is 11.5 Å². The van der Waals surface area contributed by atoms with E-state index >= 15 is 0 Å². The number of hydrogen-bond donors (Lipinski definition) is 1. The summed E-state index contributed by atoms with van der Waals surface area (Å²) in [5.41, 5.74) is 3.11. The quantitative estimate of drug-likeness (QED) is 0.818. The third-order valence-corrected chi connectivity index (χ3v) is 2.94. The van der Waals surface area contributed by atoms with Gasteiger partial charge in [-0.15, -0.1) is 0 Å². The summed E-state index contributed by atoms with van der Waals surface area (Å²) in [6.07, 6.45) is 2.35. The highest BCUT2D eigenvalue weighted by atomic mass is 16.6. The smallest absolute Gasteiger partial charge is 0.161 e. The van der Waals surface area contributed by atoms with Crippen LogP contribution in [0.3, 0.4) is 0 Å². The summed E-state index contributed by atoms with van der Waals surface area (Å²) < 4.78 is 5.10. The van der Waals surface area contributed by atoms with E-state index in [0.717, 1.165) is 36.1 Å². The Bertz CT molecular complexity index is 441. The second kappa shape index (κ2) is 5.08. The lowest BCUT2D eigenvalue weighted by atomic mass is 9.89. The number of rotatable bonds is 3. The summed E-state index contributed by atoms with van der Waals surface area (Å²) in [6.45, 7) is 2.50. The number of phenols is 1. The summed E-state index contributed by atoms with van der Waals surface area (Å²) in [6, 6.07) is 3.77. The van der Waals surface area contributed by atoms with Crippen LogP contribution in [0.5, 0.6) is 11.5 Å². The first kappa shape index (κ1) is 11.8. The summed E-state index contributed by atoms with van der Waals surface area (Å²) in [7, 11) is 1.56. The molecular weight excluding hydrogens is 218 g/mol. The monoisotopic (exact) mass is 235 g/mol. The molecule has 0 bridgehead atoms. The summed E-state index contributed by atoms with van der Waals surface area (Å²) in [5.74, 6) is 0.800. The molecule has 1 aromatic carbocycles. The van der Waals surface area contributed by atoms with Crippen LogP contribution in [0.1, 0.15) is 24.5 Å². The number of ether oxygens (including phenoxy) is 1. The van der Waals surface area contributed by atoms with Crippen molar-refractivity contribution in [3.63, 3.8) is 0 Å². The molecule has 0 atom stereocenters. The van der Waals surface area contributed by atoms with Crippen LogP contribution in [-0.2, 0) is 17.7 Å². The van der Waals surface area contributed by atoms with Crippen LogP contribution in [0.4, 0.5) is 0 Å². The van der Waals surface area contributed by atoms with Crippen LogP contribution in [-0.4, -0.2) is 24.5 Å². The van der Waals surface area contributed by atoms with Crippen LogP contribution in [0, 0.1) is 0 Å². The molecule has 0 unspecified atom stereocenters. The molecule has 0 fully saturated rings. The first-order chi connectivity index (χ1) is 8.26. The summed E-state index contributed by atoms with van der Waals surface area (Å²) in [5, 5.41) is 14.1. The fourth-order valence-corrected chi connectivity index (χ4v) is 2.08. The third-order valence-electron chi connectivity index (χ3n) is 2.94. The van der Waals surface area contributed by atoms with Crippen molar-refractivity contribution < 1.29 is 14.7 Å². The number of benzene rings is 1. The Labute approximate surface area is 101 Å². The largest absolute Gasteiger partial charge is 0.504 e. The maximum atomic E-state index is 10.0. The van der Waals surface area contributed by atoms with Crippen molar-refractivity contribution in [2.45, 2.75) is 26.2 Å². The predicted molar refractivity (Wildman–Crippen MR) is 65.7 cm³/mol. The zero-order chi connectivity index (χ0) is 12.3. The lowest BCUT2D eigenvalue weighted by molar-refractivity contribution is 0.157. The average molecular weight is 235 g/mol. The van der Waals surface area contributed by atoms with Gasteiger partial charge in [-0.05, 0) is 31.4 Å². The molecule has 0 aromatic heterocycles. The molecule has 1 N–H and O–H groups in total. The van der Waals surface area contributed by atoms with Crippen molar-refractivity contribution >= 4 is 5.71 Å². The predicted octanol–water partition coefficient (Wildman–Crippen LogP) is 2.28. The van der Waals surface area contributed by atoms with Gasteiger partial charge in [-0.25, -0.2) is 0 Å². The number of phenolic OH excluding ortho intramolecular Hbond substituents is 1. The average Bonchev–Trinajstić information content (AvgIpc) is 2.37. The topological polar surface area (TPSA) is 51.0 Å². The first-order valence-electron chi connectivity index (χ1n) is 5.81. The highest BCUT2D eigenvalue weighted by molar-refractivity contribution is 5.88. The van der Waals surface area contributed by atoms with E-state index in [4.69, 9.17) is 9.57 Å². The van der Waals surface area contributed by atoms with E-state index in [0.29, 0.717) is 12.4 Å². The molecule has 0 radical (unpaired) electrons. The van der Waals surface area contributed by atoms with Crippen LogP contribution >= 0.6 is 0 Å². The van der Waals surface area contributed by atoms with Gasteiger partial charge in [0, 0.05) is 12.0 Å². The highest BCUT2D eigenvalue weighted by Crippen LogP contribution is 2.35. The lowest BCUT2D eigenvalue weighted by Crippen LogP contribution is -2.14. The molecule has 1 aliphatic rings. The fourth-order valence-electron chi connectivity index (χ4n) is 2.08. The Kier molecular flexibility index (Phi) is 3.52. The molecule has 0 heterocycles. The molecule has 1 aromatic rings. The van der Waals surface area contributed by atoms with E-state index in [1.165, 1.54) is 0 Å². The number of fused-ring (bicyclic) bond motifs is 1. The number of aromatic hydroxyl groups is 1. The van der Waals surface area contributed by atoms with Crippen LogP contribution < -0.4 is 4.74 Å². The normalized spacial score (nSPS) is 16.7. The number of hydrogen-bond acceptors (Lipinski definition) is 4. The van der Waals surface area contributed by atoms with Gasteiger partial charge in [0.1, 0.15) is 6.61 Å². The fraction of sp³-hybridized carbons (Fsp3) is 0.462. The molecule has 1 aliphatic carbocycles. The Balaban J connectivity index is 2.25.